The monoisotopic (exact) mass is 372 g/mol. The van der Waals surface area contributed by atoms with Crippen LogP contribution in [-0.2, 0) is 21.2 Å². The molecule has 3 aromatic rings. The van der Waals surface area contributed by atoms with E-state index in [4.69, 9.17) is 5.73 Å². The fraction of sp³-hybridized carbons (Fsp3) is 0.353. The molecule has 0 unspecified atom stereocenters. The molecule has 0 aliphatic carbocycles. The van der Waals surface area contributed by atoms with Crippen molar-refractivity contribution in [3.05, 3.63) is 47.4 Å². The van der Waals surface area contributed by atoms with Crippen LogP contribution in [0.15, 0.2) is 35.0 Å². The summed E-state index contributed by atoms with van der Waals surface area (Å²) in [4.78, 5) is 10.8. The van der Waals surface area contributed by atoms with Crippen LogP contribution in [0.5, 0.6) is 0 Å². The first-order valence-corrected chi connectivity index (χ1v) is 9.53. The lowest BCUT2D eigenvalue weighted by Gasteiger charge is -2.19. The zero-order valence-corrected chi connectivity index (χ0v) is 15.9. The topological polar surface area (TPSA) is 102 Å². The maximum Gasteiger partial charge on any atom is 0.254 e. The lowest BCUT2D eigenvalue weighted by atomic mass is 10.0. The summed E-state index contributed by atoms with van der Waals surface area (Å²) in [7, 11) is 2.69. The molecule has 1 aromatic carbocycles. The van der Waals surface area contributed by atoms with E-state index < -0.39 is 10.6 Å². The van der Waals surface area contributed by atoms with Crippen LogP contribution >= 0.6 is 0 Å². The Morgan fingerprint density at radius 2 is 2.00 bits per heavy atom. The lowest BCUT2D eigenvalue weighted by molar-refractivity contribution is 0.600. The summed E-state index contributed by atoms with van der Waals surface area (Å²) in [6, 6.07) is 7.72. The Balaban J connectivity index is 1.94. The van der Waals surface area contributed by atoms with Crippen LogP contribution in [0.25, 0.3) is 5.78 Å². The molecule has 0 fully saturated rings. The molecule has 0 bridgehead atoms. The summed E-state index contributed by atoms with van der Waals surface area (Å²) in [5.74, 6) is 1.92. The first-order chi connectivity index (χ1) is 12.5. The normalized spacial score (nSPS) is 12.6. The fourth-order valence-corrected chi connectivity index (χ4v) is 3.43. The number of aromatic nitrogens is 4. The smallest absolute Gasteiger partial charge is 0.254 e. The van der Waals surface area contributed by atoms with Crippen molar-refractivity contribution in [3.8, 4) is 0 Å². The molecule has 0 aliphatic heterocycles. The maximum absolute atomic E-state index is 11.7. The van der Waals surface area contributed by atoms with Crippen molar-refractivity contribution in [3.63, 3.8) is 0 Å². The van der Waals surface area contributed by atoms with E-state index in [2.05, 4.69) is 19.4 Å². The largest absolute Gasteiger partial charge is 0.444 e. The minimum absolute atomic E-state index is 0.360. The van der Waals surface area contributed by atoms with Crippen LogP contribution in [0, 0.1) is 6.92 Å². The van der Waals surface area contributed by atoms with Gasteiger partial charge in [-0.1, -0.05) is 17.9 Å². The number of hydrogen-bond donors (Lipinski definition) is 1. The molecule has 0 atom stereocenters. The van der Waals surface area contributed by atoms with Crippen molar-refractivity contribution >= 4 is 27.9 Å². The molecule has 9 heteroatoms. The molecule has 8 nitrogen and oxygen atoms in total. The Labute approximate surface area is 154 Å². The Morgan fingerprint density at radius 3 is 2.65 bits per heavy atom. The zero-order chi connectivity index (χ0) is 18.7. The van der Waals surface area contributed by atoms with Crippen LogP contribution in [0.1, 0.15) is 16.8 Å². The van der Waals surface area contributed by atoms with Gasteiger partial charge in [-0.25, -0.2) is 4.98 Å². The molecule has 2 heterocycles. The quantitative estimate of drug-likeness (QED) is 0.662. The predicted molar refractivity (Wildman–Crippen MR) is 103 cm³/mol. The average molecular weight is 372 g/mol. The molecule has 138 valence electrons. The molecule has 26 heavy (non-hydrogen) atoms. The number of fused-ring (bicyclic) bond motifs is 1. The third kappa shape index (κ3) is 3.83. The van der Waals surface area contributed by atoms with E-state index in [1.165, 1.54) is 6.33 Å². The molecule has 0 spiro atoms. The predicted octanol–water partition coefficient (Wildman–Crippen LogP) is 1.83. The summed E-state index contributed by atoms with van der Waals surface area (Å²) in [6.45, 7) is 2.34. The third-order valence-electron chi connectivity index (χ3n) is 3.95. The summed E-state index contributed by atoms with van der Waals surface area (Å²) in [6.07, 6.45) is 2.21. The first kappa shape index (κ1) is 18.3. The average Bonchev–Trinajstić information content (AvgIpc) is 3.04. The van der Waals surface area contributed by atoms with E-state index in [-0.39, 0.29) is 0 Å². The molecule has 0 radical (unpaired) electrons. The van der Waals surface area contributed by atoms with Gasteiger partial charge in [0.1, 0.15) is 12.1 Å². The van der Waals surface area contributed by atoms with Gasteiger partial charge in [-0.15, -0.1) is 0 Å². The van der Waals surface area contributed by atoms with Crippen molar-refractivity contribution in [2.45, 2.75) is 13.3 Å². The molecule has 2 aromatic heterocycles. The van der Waals surface area contributed by atoms with Crippen LogP contribution < -0.4 is 10.6 Å². The highest BCUT2D eigenvalue weighted by Gasteiger charge is 2.16. The second-order valence-electron chi connectivity index (χ2n) is 6.11. The minimum atomic E-state index is -1.28. The standard InChI is InChI=1S/C17H22N7OS/c1-12-15(16(23(2)3)24-17(21-12)19-11-20-24)10-13-4-6-14(7-5-13)22-26(25)9-8-18/h4-7,11H,8-10,18H2,1-3H3/q-1. The molecular formula is C17H22N7OS-. The number of nitrogens with zero attached hydrogens (tertiary/aromatic N) is 6. The van der Waals surface area contributed by atoms with Gasteiger partial charge < -0.3 is 19.2 Å². The molecule has 0 aliphatic rings. The molecule has 2 N–H and O–H groups in total. The van der Waals surface area contributed by atoms with E-state index in [0.717, 1.165) is 22.6 Å². The van der Waals surface area contributed by atoms with Gasteiger partial charge in [0.25, 0.3) is 5.78 Å². The van der Waals surface area contributed by atoms with Crippen LogP contribution in [0.4, 0.5) is 11.5 Å². The van der Waals surface area contributed by atoms with Crippen LogP contribution in [0.2, 0.25) is 0 Å². The maximum atomic E-state index is 11.7. The second-order valence-corrected chi connectivity index (χ2v) is 7.35. The summed E-state index contributed by atoms with van der Waals surface area (Å²) in [5, 5.41) is 4.29. The van der Waals surface area contributed by atoms with E-state index in [9.17, 15) is 4.21 Å². The Bertz CT molecular complexity index is 988. The SMILES string of the molecule is Cc1nc2ncnn2c(N(C)C)c1Cc1ccc(N=[S-](=O)CCN)cc1. The second kappa shape index (κ2) is 7.79. The number of hydrogen-bond acceptors (Lipinski definition) is 8. The van der Waals surface area contributed by atoms with Crippen LogP contribution in [0.3, 0.4) is 0 Å². The third-order valence-corrected chi connectivity index (χ3v) is 4.94. The van der Waals surface area contributed by atoms with Crippen molar-refractivity contribution < 1.29 is 4.21 Å². The highest BCUT2D eigenvalue weighted by molar-refractivity contribution is 7.74. The highest BCUT2D eigenvalue weighted by Crippen LogP contribution is 2.25. The van der Waals surface area contributed by atoms with E-state index >= 15 is 0 Å². The van der Waals surface area contributed by atoms with Crippen molar-refractivity contribution in [1.29, 1.82) is 0 Å². The Morgan fingerprint density at radius 1 is 1.27 bits per heavy atom. The van der Waals surface area contributed by atoms with Crippen molar-refractivity contribution in [1.82, 2.24) is 19.6 Å². The molecule has 0 amide bonds. The van der Waals surface area contributed by atoms with Gasteiger partial charge in [-0.3, -0.25) is 0 Å². The summed E-state index contributed by atoms with van der Waals surface area (Å²) < 4.78 is 17.6. The molecular weight excluding hydrogens is 350 g/mol. The summed E-state index contributed by atoms with van der Waals surface area (Å²) in [5.41, 5.74) is 9.22. The molecule has 0 saturated heterocycles. The van der Waals surface area contributed by atoms with Gasteiger partial charge in [0.15, 0.2) is 0 Å². The fourth-order valence-electron chi connectivity index (χ4n) is 2.78. The highest BCUT2D eigenvalue weighted by atomic mass is 32.2. The Kier molecular flexibility index (Phi) is 5.48. The van der Waals surface area contributed by atoms with E-state index in [1.54, 1.807) is 4.52 Å². The molecule has 3 rings (SSSR count). The van der Waals surface area contributed by atoms with Crippen LogP contribution in [-0.4, -0.2) is 46.0 Å². The number of benzene rings is 1. The zero-order valence-electron chi connectivity index (χ0n) is 15.1. The van der Waals surface area contributed by atoms with Gasteiger partial charge in [0.05, 0.1) is 0 Å². The minimum Gasteiger partial charge on any atom is -0.444 e. The van der Waals surface area contributed by atoms with Crippen molar-refractivity contribution in [2.75, 3.05) is 31.3 Å². The number of aryl methyl sites for hydroxylation is 1. The van der Waals surface area contributed by atoms with Crippen molar-refractivity contribution in [2.24, 2.45) is 10.1 Å². The number of rotatable bonds is 6. The lowest BCUT2D eigenvalue weighted by Crippen LogP contribution is -2.18. The molecule has 0 saturated carbocycles. The Hall–Kier alpha value is -2.52. The van der Waals surface area contributed by atoms with E-state index in [0.29, 0.717) is 30.2 Å². The van der Waals surface area contributed by atoms with Gasteiger partial charge in [0.2, 0.25) is 0 Å². The van der Waals surface area contributed by atoms with Gasteiger partial charge in [-0.05, 0) is 31.2 Å². The number of anilines is 1. The van der Waals surface area contributed by atoms with Gasteiger partial charge in [-0.2, -0.15) is 25.2 Å². The van der Waals surface area contributed by atoms with Gasteiger partial charge >= 0.3 is 0 Å². The summed E-state index contributed by atoms with van der Waals surface area (Å²) >= 11 is 0. The number of nitrogens with two attached hydrogens (primary N) is 1. The van der Waals surface area contributed by atoms with Gasteiger partial charge in [0, 0.05) is 37.5 Å². The van der Waals surface area contributed by atoms with E-state index in [1.807, 2.05) is 50.2 Å². The first-order valence-electron chi connectivity index (χ1n) is 8.25.